The van der Waals surface area contributed by atoms with Crippen molar-refractivity contribution in [2.75, 3.05) is 13.2 Å². The van der Waals surface area contributed by atoms with Crippen LogP contribution in [-0.2, 0) is 16.0 Å². The number of thiophene rings is 2. The molecular formula is C18H16N2O4S3. The molecule has 0 aliphatic heterocycles. The van der Waals surface area contributed by atoms with E-state index in [1.807, 2.05) is 23.6 Å². The number of nitrogens with one attached hydrogen (secondary N) is 1. The molecule has 0 radical (unpaired) electrons. The van der Waals surface area contributed by atoms with E-state index in [2.05, 4.69) is 10.3 Å². The predicted octanol–water partition coefficient (Wildman–Crippen LogP) is 3.65. The molecule has 3 aromatic heterocycles. The van der Waals surface area contributed by atoms with Crippen LogP contribution in [0.3, 0.4) is 0 Å². The average molecular weight is 421 g/mol. The molecule has 0 aliphatic carbocycles. The fourth-order valence-corrected chi connectivity index (χ4v) is 4.72. The average Bonchev–Trinajstić information content (AvgIpc) is 3.39. The van der Waals surface area contributed by atoms with Crippen molar-refractivity contribution < 1.29 is 19.1 Å². The molecule has 0 bridgehead atoms. The first-order valence-electron chi connectivity index (χ1n) is 8.06. The van der Waals surface area contributed by atoms with Gasteiger partial charge >= 0.3 is 5.97 Å². The van der Waals surface area contributed by atoms with Gasteiger partial charge in [-0.1, -0.05) is 6.07 Å². The third-order valence-corrected chi connectivity index (χ3v) is 6.53. The quantitative estimate of drug-likeness (QED) is 0.444. The molecule has 6 nitrogen and oxygen atoms in total. The van der Waals surface area contributed by atoms with Gasteiger partial charge in [-0.3, -0.25) is 9.59 Å². The minimum atomic E-state index is -0.607. The van der Waals surface area contributed by atoms with E-state index in [-0.39, 0.29) is 24.0 Å². The molecule has 3 heterocycles. The summed E-state index contributed by atoms with van der Waals surface area (Å²) in [6.07, 6.45) is 0.654. The lowest BCUT2D eigenvalue weighted by Gasteiger charge is -2.01. The fourth-order valence-electron chi connectivity index (χ4n) is 2.18. The zero-order chi connectivity index (χ0) is 19.2. The Morgan fingerprint density at radius 3 is 2.78 bits per heavy atom. The number of ether oxygens (including phenoxy) is 1. The second kappa shape index (κ2) is 9.03. The molecule has 0 atom stereocenters. The molecule has 0 unspecified atom stereocenters. The van der Waals surface area contributed by atoms with Crippen LogP contribution in [0.1, 0.15) is 32.0 Å². The highest BCUT2D eigenvalue weighted by Crippen LogP contribution is 2.28. The summed E-state index contributed by atoms with van der Waals surface area (Å²) in [6, 6.07) is 7.41. The lowest BCUT2D eigenvalue weighted by atomic mass is 10.3. The van der Waals surface area contributed by atoms with E-state index < -0.39 is 5.97 Å². The van der Waals surface area contributed by atoms with E-state index >= 15 is 0 Å². The van der Waals surface area contributed by atoms with Crippen molar-refractivity contribution in [1.29, 1.82) is 0 Å². The number of carbonyl (C=O) groups excluding carboxylic acids is 3. The van der Waals surface area contributed by atoms with E-state index in [9.17, 15) is 14.4 Å². The van der Waals surface area contributed by atoms with Crippen molar-refractivity contribution >= 4 is 51.7 Å². The highest BCUT2D eigenvalue weighted by Gasteiger charge is 2.17. The van der Waals surface area contributed by atoms with Crippen LogP contribution in [0.5, 0.6) is 0 Å². The minimum Gasteiger partial charge on any atom is -0.453 e. The number of esters is 1. The first kappa shape index (κ1) is 19.4. The van der Waals surface area contributed by atoms with E-state index in [1.54, 1.807) is 22.8 Å². The Morgan fingerprint density at radius 1 is 1.19 bits per heavy atom. The summed E-state index contributed by atoms with van der Waals surface area (Å²) >= 11 is 4.25. The highest BCUT2D eigenvalue weighted by atomic mass is 32.1. The van der Waals surface area contributed by atoms with Gasteiger partial charge in [0.15, 0.2) is 12.3 Å². The largest absolute Gasteiger partial charge is 0.453 e. The van der Waals surface area contributed by atoms with Crippen LogP contribution >= 0.6 is 34.0 Å². The van der Waals surface area contributed by atoms with Gasteiger partial charge in [0.25, 0.3) is 0 Å². The highest BCUT2D eigenvalue weighted by molar-refractivity contribution is 7.20. The second-order valence-electron chi connectivity index (χ2n) is 5.51. The number of rotatable bonds is 8. The predicted molar refractivity (Wildman–Crippen MR) is 107 cm³/mol. The Labute approximate surface area is 167 Å². The number of carbonyl (C=O) groups is 3. The van der Waals surface area contributed by atoms with E-state index in [1.165, 1.54) is 29.6 Å². The summed E-state index contributed by atoms with van der Waals surface area (Å²) in [5, 5.41) is 7.04. The molecule has 1 N–H and O–H groups in total. The maximum Gasteiger partial charge on any atom is 0.358 e. The van der Waals surface area contributed by atoms with Gasteiger partial charge in [0, 0.05) is 23.7 Å². The first-order chi connectivity index (χ1) is 13.0. The number of aromatic nitrogens is 1. The second-order valence-corrected chi connectivity index (χ2v) is 8.49. The molecule has 1 amide bonds. The van der Waals surface area contributed by atoms with Gasteiger partial charge in [-0.2, -0.15) is 0 Å². The zero-order valence-corrected chi connectivity index (χ0v) is 16.8. The van der Waals surface area contributed by atoms with Crippen molar-refractivity contribution in [2.24, 2.45) is 0 Å². The number of Topliss-reactive ketones (excluding diaryl/α,β-unsaturated/α-hetero) is 1. The van der Waals surface area contributed by atoms with Gasteiger partial charge in [0.1, 0.15) is 5.01 Å². The molecule has 0 aliphatic rings. The Hall–Kier alpha value is -2.36. The Kier molecular flexibility index (Phi) is 6.49. The van der Waals surface area contributed by atoms with Crippen molar-refractivity contribution in [3.63, 3.8) is 0 Å². The number of hydrogen-bond donors (Lipinski definition) is 1. The van der Waals surface area contributed by atoms with Crippen LogP contribution in [0.2, 0.25) is 0 Å². The lowest BCUT2D eigenvalue weighted by Crippen LogP contribution is -2.22. The molecule has 0 aromatic carbocycles. The smallest absolute Gasteiger partial charge is 0.358 e. The summed E-state index contributed by atoms with van der Waals surface area (Å²) < 4.78 is 5.11. The summed E-state index contributed by atoms with van der Waals surface area (Å²) in [5.41, 5.74) is 0.207. The van der Waals surface area contributed by atoms with Crippen molar-refractivity contribution in [2.45, 2.75) is 13.3 Å². The van der Waals surface area contributed by atoms with E-state index in [0.29, 0.717) is 17.8 Å². The van der Waals surface area contributed by atoms with Crippen LogP contribution < -0.4 is 5.32 Å². The van der Waals surface area contributed by atoms with E-state index in [4.69, 9.17) is 4.74 Å². The molecule has 0 fully saturated rings. The molecule has 3 rings (SSSR count). The molecule has 0 spiro atoms. The van der Waals surface area contributed by atoms with Gasteiger partial charge in [0.05, 0.1) is 9.75 Å². The van der Waals surface area contributed by atoms with Gasteiger partial charge in [-0.05, 0) is 30.0 Å². The van der Waals surface area contributed by atoms with Gasteiger partial charge in [-0.15, -0.1) is 34.0 Å². The lowest BCUT2D eigenvalue weighted by molar-refractivity contribution is -0.118. The minimum absolute atomic E-state index is 0.0842. The monoisotopic (exact) mass is 420 g/mol. The number of hydrogen-bond acceptors (Lipinski definition) is 8. The fraction of sp³-hybridized carbons (Fsp3) is 0.222. The van der Waals surface area contributed by atoms with Crippen LogP contribution in [0.15, 0.2) is 35.0 Å². The van der Waals surface area contributed by atoms with Crippen LogP contribution in [0, 0.1) is 0 Å². The molecule has 27 heavy (non-hydrogen) atoms. The Morgan fingerprint density at radius 2 is 2.04 bits per heavy atom. The van der Waals surface area contributed by atoms with Crippen molar-refractivity contribution in [3.8, 4) is 9.88 Å². The maximum atomic E-state index is 12.2. The van der Waals surface area contributed by atoms with Gasteiger partial charge in [-0.25, -0.2) is 9.78 Å². The summed E-state index contributed by atoms with van der Waals surface area (Å²) in [7, 11) is 0. The molecule has 3 aromatic rings. The summed E-state index contributed by atoms with van der Waals surface area (Å²) in [5.74, 6) is -0.947. The molecule has 9 heteroatoms. The summed E-state index contributed by atoms with van der Waals surface area (Å²) in [4.78, 5) is 42.0. The number of ketones is 1. The van der Waals surface area contributed by atoms with Crippen LogP contribution in [0.4, 0.5) is 0 Å². The third kappa shape index (κ3) is 5.31. The third-order valence-electron chi connectivity index (χ3n) is 3.46. The van der Waals surface area contributed by atoms with Gasteiger partial charge in [0.2, 0.25) is 11.7 Å². The Bertz CT molecular complexity index is 944. The van der Waals surface area contributed by atoms with Crippen LogP contribution in [0.25, 0.3) is 9.88 Å². The van der Waals surface area contributed by atoms with E-state index in [0.717, 1.165) is 14.8 Å². The van der Waals surface area contributed by atoms with Crippen LogP contribution in [-0.4, -0.2) is 35.8 Å². The van der Waals surface area contributed by atoms with Crippen molar-refractivity contribution in [1.82, 2.24) is 10.3 Å². The Balaban J connectivity index is 1.51. The molecular weight excluding hydrogens is 404 g/mol. The first-order valence-corrected chi connectivity index (χ1v) is 10.6. The number of amides is 1. The summed E-state index contributed by atoms with van der Waals surface area (Å²) in [6.45, 7) is 1.66. The SMILES string of the molecule is CC(=O)NCCc1ccc(C(=O)COC(=O)c2csc(-c3cccs3)n2)s1. The molecule has 140 valence electrons. The topological polar surface area (TPSA) is 85.4 Å². The van der Waals surface area contributed by atoms with Crippen molar-refractivity contribution in [3.05, 3.63) is 50.5 Å². The number of nitrogens with zero attached hydrogens (tertiary/aromatic N) is 1. The maximum absolute atomic E-state index is 12.2. The van der Waals surface area contributed by atoms with Gasteiger partial charge < -0.3 is 10.1 Å². The zero-order valence-electron chi connectivity index (χ0n) is 14.4. The normalized spacial score (nSPS) is 10.6. The molecule has 0 saturated carbocycles. The molecule has 0 saturated heterocycles. The standard InChI is InChI=1S/C18H16N2O4S3/c1-11(21)19-7-6-12-4-5-15(27-12)14(22)9-24-18(23)13-10-26-17(20-13)16-3-2-8-25-16/h2-5,8,10H,6-7,9H2,1H3,(H,19,21). The number of thiazole rings is 1.